The van der Waals surface area contributed by atoms with E-state index in [1.807, 2.05) is 6.07 Å². The lowest BCUT2D eigenvalue weighted by Crippen LogP contribution is -2.12. The Morgan fingerprint density at radius 1 is 1.56 bits per heavy atom. The molecule has 5 heteroatoms. The Bertz CT molecular complexity index is 557. The summed E-state index contributed by atoms with van der Waals surface area (Å²) in [5, 5.41) is 12.9. The zero-order chi connectivity index (χ0) is 13.0. The molecule has 1 atom stereocenters. The second-order valence-corrected chi connectivity index (χ2v) is 4.32. The van der Waals surface area contributed by atoms with E-state index in [9.17, 15) is 0 Å². The molecule has 18 heavy (non-hydrogen) atoms. The molecule has 0 aliphatic rings. The van der Waals surface area contributed by atoms with Crippen LogP contribution in [0.5, 0.6) is 0 Å². The van der Waals surface area contributed by atoms with E-state index in [1.54, 1.807) is 24.5 Å². The number of anilines is 1. The molecule has 0 saturated carbocycles. The maximum Gasteiger partial charge on any atom is 0.128 e. The molecule has 0 aliphatic carbocycles. The van der Waals surface area contributed by atoms with Gasteiger partial charge in [0.05, 0.1) is 17.3 Å². The molecule has 1 heterocycles. The van der Waals surface area contributed by atoms with Gasteiger partial charge in [0, 0.05) is 17.4 Å². The molecule has 0 fully saturated rings. The molecule has 0 saturated heterocycles. The van der Waals surface area contributed by atoms with Gasteiger partial charge in [0.25, 0.3) is 0 Å². The first-order chi connectivity index (χ1) is 8.74. The average molecular weight is 261 g/mol. The van der Waals surface area contributed by atoms with Crippen LogP contribution in [0.25, 0.3) is 0 Å². The highest BCUT2D eigenvalue weighted by atomic mass is 35.5. The molecule has 0 amide bonds. The highest BCUT2D eigenvalue weighted by Crippen LogP contribution is 2.25. The zero-order valence-electron chi connectivity index (χ0n) is 9.94. The number of aromatic amines is 1. The van der Waals surface area contributed by atoms with Crippen LogP contribution >= 0.6 is 11.6 Å². The summed E-state index contributed by atoms with van der Waals surface area (Å²) < 4.78 is 0. The number of nitrogens with one attached hydrogen (secondary N) is 2. The van der Waals surface area contributed by atoms with E-state index in [2.05, 4.69) is 28.3 Å². The van der Waals surface area contributed by atoms with Crippen LogP contribution in [-0.4, -0.2) is 9.97 Å². The first-order valence-electron chi connectivity index (χ1n) is 5.70. The van der Waals surface area contributed by atoms with Crippen LogP contribution < -0.4 is 5.32 Å². The van der Waals surface area contributed by atoms with E-state index in [0.29, 0.717) is 10.6 Å². The van der Waals surface area contributed by atoms with Gasteiger partial charge in [-0.25, -0.2) is 4.98 Å². The quantitative estimate of drug-likeness (QED) is 0.884. The molecule has 2 rings (SSSR count). The van der Waals surface area contributed by atoms with Crippen molar-refractivity contribution in [3.63, 3.8) is 0 Å². The van der Waals surface area contributed by atoms with Crippen molar-refractivity contribution in [2.45, 2.75) is 19.4 Å². The Balaban J connectivity index is 2.25. The van der Waals surface area contributed by atoms with Gasteiger partial charge in [-0.1, -0.05) is 18.5 Å². The summed E-state index contributed by atoms with van der Waals surface area (Å²) in [6.45, 7) is 2.06. The molecule has 1 unspecified atom stereocenters. The lowest BCUT2D eigenvalue weighted by molar-refractivity contribution is 0.704. The van der Waals surface area contributed by atoms with Gasteiger partial charge in [-0.3, -0.25) is 0 Å². The standard InChI is InChI=1S/C13H13ClN4/c1-2-11(13-16-5-6-17-13)18-12-4-3-10(14)7-9(12)8-15/h3-7,11,18H,2H2,1H3,(H,16,17). The number of nitrogens with zero attached hydrogens (tertiary/aromatic N) is 2. The Morgan fingerprint density at radius 2 is 2.39 bits per heavy atom. The number of hydrogen-bond donors (Lipinski definition) is 2. The summed E-state index contributed by atoms with van der Waals surface area (Å²) in [5.74, 6) is 0.858. The van der Waals surface area contributed by atoms with Crippen molar-refractivity contribution in [1.82, 2.24) is 9.97 Å². The summed E-state index contributed by atoms with van der Waals surface area (Å²) in [4.78, 5) is 7.30. The highest BCUT2D eigenvalue weighted by Gasteiger charge is 2.13. The summed E-state index contributed by atoms with van der Waals surface area (Å²) in [7, 11) is 0. The normalized spacial score (nSPS) is 11.8. The van der Waals surface area contributed by atoms with E-state index in [0.717, 1.165) is 17.9 Å². The lowest BCUT2D eigenvalue weighted by Gasteiger charge is -2.17. The number of benzene rings is 1. The van der Waals surface area contributed by atoms with Crippen LogP contribution in [0.15, 0.2) is 30.6 Å². The fourth-order valence-electron chi connectivity index (χ4n) is 1.75. The smallest absolute Gasteiger partial charge is 0.128 e. The highest BCUT2D eigenvalue weighted by molar-refractivity contribution is 6.30. The SMILES string of the molecule is CCC(Nc1ccc(Cl)cc1C#N)c1ncc[nH]1. The summed E-state index contributed by atoms with van der Waals surface area (Å²) >= 11 is 5.87. The van der Waals surface area contributed by atoms with E-state index in [4.69, 9.17) is 16.9 Å². The molecule has 0 bridgehead atoms. The molecule has 2 N–H and O–H groups in total. The van der Waals surface area contributed by atoms with Gasteiger partial charge >= 0.3 is 0 Å². The van der Waals surface area contributed by atoms with E-state index in [-0.39, 0.29) is 6.04 Å². The summed E-state index contributed by atoms with van der Waals surface area (Å²) in [5.41, 5.74) is 1.30. The molecule has 0 spiro atoms. The number of rotatable bonds is 4. The first-order valence-corrected chi connectivity index (χ1v) is 6.08. The fraction of sp³-hybridized carbons (Fsp3) is 0.231. The first kappa shape index (κ1) is 12.5. The van der Waals surface area contributed by atoms with Crippen molar-refractivity contribution in [3.05, 3.63) is 47.0 Å². The fourth-order valence-corrected chi connectivity index (χ4v) is 1.93. The minimum atomic E-state index is 0.0493. The average Bonchev–Trinajstić information content (AvgIpc) is 2.91. The maximum absolute atomic E-state index is 9.09. The third-order valence-corrected chi connectivity index (χ3v) is 2.92. The number of nitriles is 1. The van der Waals surface area contributed by atoms with Crippen LogP contribution in [0.4, 0.5) is 5.69 Å². The Kier molecular flexibility index (Phi) is 3.85. The third kappa shape index (κ3) is 2.63. The Morgan fingerprint density at radius 3 is 3.00 bits per heavy atom. The number of H-pyrrole nitrogens is 1. The van der Waals surface area contributed by atoms with Crippen molar-refractivity contribution in [2.24, 2.45) is 0 Å². The minimum Gasteiger partial charge on any atom is -0.374 e. The topological polar surface area (TPSA) is 64.5 Å². The van der Waals surface area contributed by atoms with Crippen molar-refractivity contribution >= 4 is 17.3 Å². The third-order valence-electron chi connectivity index (χ3n) is 2.69. The molecule has 4 nitrogen and oxygen atoms in total. The zero-order valence-corrected chi connectivity index (χ0v) is 10.7. The van der Waals surface area contributed by atoms with E-state index in [1.165, 1.54) is 0 Å². The van der Waals surface area contributed by atoms with Crippen molar-refractivity contribution in [2.75, 3.05) is 5.32 Å². The summed E-state index contributed by atoms with van der Waals surface area (Å²) in [6, 6.07) is 7.41. The van der Waals surface area contributed by atoms with Gasteiger partial charge in [0.15, 0.2) is 0 Å². The van der Waals surface area contributed by atoms with Gasteiger partial charge in [-0.15, -0.1) is 0 Å². The Labute approximate surface area is 111 Å². The number of hydrogen-bond acceptors (Lipinski definition) is 3. The van der Waals surface area contributed by atoms with Crippen LogP contribution in [0, 0.1) is 11.3 Å². The predicted molar refractivity (Wildman–Crippen MR) is 71.4 cm³/mol. The molecular weight excluding hydrogens is 248 g/mol. The monoisotopic (exact) mass is 260 g/mol. The largest absolute Gasteiger partial charge is 0.374 e. The Hall–Kier alpha value is -1.99. The second kappa shape index (κ2) is 5.56. The molecule has 1 aromatic heterocycles. The van der Waals surface area contributed by atoms with Crippen LogP contribution in [0.2, 0.25) is 5.02 Å². The van der Waals surface area contributed by atoms with Crippen molar-refractivity contribution < 1.29 is 0 Å². The van der Waals surface area contributed by atoms with Crippen molar-refractivity contribution in [1.29, 1.82) is 5.26 Å². The van der Waals surface area contributed by atoms with Crippen LogP contribution in [0.1, 0.15) is 30.8 Å². The number of aromatic nitrogens is 2. The summed E-state index contributed by atoms with van der Waals surface area (Å²) in [6.07, 6.45) is 4.36. The molecule has 2 aromatic rings. The molecule has 92 valence electrons. The number of imidazole rings is 1. The predicted octanol–water partition coefficient (Wildman–Crippen LogP) is 3.50. The second-order valence-electron chi connectivity index (χ2n) is 3.88. The van der Waals surface area contributed by atoms with Gasteiger partial charge in [0.1, 0.15) is 11.9 Å². The van der Waals surface area contributed by atoms with E-state index < -0.39 is 0 Å². The molecular formula is C13H13ClN4. The maximum atomic E-state index is 9.09. The number of halogens is 1. The van der Waals surface area contributed by atoms with E-state index >= 15 is 0 Å². The van der Waals surface area contributed by atoms with Gasteiger partial charge in [0.2, 0.25) is 0 Å². The van der Waals surface area contributed by atoms with Crippen LogP contribution in [-0.2, 0) is 0 Å². The van der Waals surface area contributed by atoms with Gasteiger partial charge < -0.3 is 10.3 Å². The van der Waals surface area contributed by atoms with Gasteiger partial charge in [-0.05, 0) is 24.6 Å². The molecule has 0 aliphatic heterocycles. The van der Waals surface area contributed by atoms with Gasteiger partial charge in [-0.2, -0.15) is 5.26 Å². The molecule has 1 aromatic carbocycles. The van der Waals surface area contributed by atoms with Crippen LogP contribution in [0.3, 0.4) is 0 Å². The molecule has 0 radical (unpaired) electrons. The van der Waals surface area contributed by atoms with Crippen molar-refractivity contribution in [3.8, 4) is 6.07 Å². The minimum absolute atomic E-state index is 0.0493. The lowest BCUT2D eigenvalue weighted by atomic mass is 10.1.